The van der Waals surface area contributed by atoms with Crippen molar-refractivity contribution < 1.29 is 38.4 Å². The first kappa shape index (κ1) is 21.0. The van der Waals surface area contributed by atoms with Crippen molar-refractivity contribution in [1.82, 2.24) is 0 Å². The highest BCUT2D eigenvalue weighted by molar-refractivity contribution is 5.88. The molecule has 2 aromatic rings. The van der Waals surface area contributed by atoms with Crippen LogP contribution in [0.1, 0.15) is 28.7 Å². The zero-order valence-corrected chi connectivity index (χ0v) is 17.0. The SMILES string of the molecule is COC(=O)C=Cc1cc(OC)c2c(c1)C(C(=O)OC)C(c1ccc(O)c(OC)c1)O2. The predicted molar refractivity (Wildman–Crippen MR) is 107 cm³/mol. The molecule has 1 N–H and O–H groups in total. The van der Waals surface area contributed by atoms with Crippen LogP contribution >= 0.6 is 0 Å². The van der Waals surface area contributed by atoms with Crippen molar-refractivity contribution >= 4 is 18.0 Å². The standard InChI is InChI=1S/C22H22O8/c1-26-16-11-13(6-7-15(16)23)20-19(22(25)29-4)14-9-12(5-8-18(24)28-3)10-17(27-2)21(14)30-20/h5-11,19-20,23H,1-4H3. The molecule has 0 aromatic heterocycles. The van der Waals surface area contributed by atoms with Gasteiger partial charge in [-0.05, 0) is 41.5 Å². The number of hydrogen-bond donors (Lipinski definition) is 1. The van der Waals surface area contributed by atoms with Crippen LogP contribution in [0.2, 0.25) is 0 Å². The van der Waals surface area contributed by atoms with Crippen LogP contribution in [0.25, 0.3) is 6.08 Å². The van der Waals surface area contributed by atoms with Crippen LogP contribution in [0, 0.1) is 0 Å². The van der Waals surface area contributed by atoms with Gasteiger partial charge in [0.25, 0.3) is 0 Å². The Labute approximate surface area is 173 Å². The highest BCUT2D eigenvalue weighted by Crippen LogP contribution is 2.52. The van der Waals surface area contributed by atoms with Gasteiger partial charge in [-0.15, -0.1) is 0 Å². The smallest absolute Gasteiger partial charge is 0.330 e. The lowest BCUT2D eigenvalue weighted by atomic mass is 9.90. The molecule has 0 bridgehead atoms. The summed E-state index contributed by atoms with van der Waals surface area (Å²) in [5.41, 5.74) is 1.80. The fourth-order valence-electron chi connectivity index (χ4n) is 3.35. The molecule has 0 amide bonds. The minimum atomic E-state index is -0.792. The lowest BCUT2D eigenvalue weighted by Crippen LogP contribution is -2.20. The Morgan fingerprint density at radius 2 is 1.73 bits per heavy atom. The molecule has 2 atom stereocenters. The average molecular weight is 414 g/mol. The number of carbonyl (C=O) groups excluding carboxylic acids is 2. The average Bonchev–Trinajstić information content (AvgIpc) is 3.16. The number of esters is 2. The largest absolute Gasteiger partial charge is 0.504 e. The Morgan fingerprint density at radius 1 is 1.00 bits per heavy atom. The number of phenols is 1. The first-order chi connectivity index (χ1) is 14.4. The topological polar surface area (TPSA) is 101 Å². The van der Waals surface area contributed by atoms with Crippen molar-refractivity contribution in [2.75, 3.05) is 28.4 Å². The molecule has 8 heteroatoms. The Hall–Kier alpha value is -3.68. The van der Waals surface area contributed by atoms with Crippen LogP contribution in [0.4, 0.5) is 0 Å². The second kappa shape index (κ2) is 8.77. The van der Waals surface area contributed by atoms with Crippen molar-refractivity contribution in [3.05, 3.63) is 53.1 Å². The lowest BCUT2D eigenvalue weighted by Gasteiger charge is -2.18. The number of hydrogen-bond acceptors (Lipinski definition) is 8. The van der Waals surface area contributed by atoms with Gasteiger partial charge in [-0.1, -0.05) is 6.07 Å². The van der Waals surface area contributed by atoms with E-state index < -0.39 is 24.0 Å². The summed E-state index contributed by atoms with van der Waals surface area (Å²) in [7, 11) is 5.50. The second-order valence-electron chi connectivity index (χ2n) is 6.47. The Balaban J connectivity index is 2.11. The van der Waals surface area contributed by atoms with Crippen molar-refractivity contribution in [1.29, 1.82) is 0 Å². The summed E-state index contributed by atoms with van der Waals surface area (Å²) >= 11 is 0. The monoisotopic (exact) mass is 414 g/mol. The molecule has 158 valence electrons. The van der Waals surface area contributed by atoms with E-state index in [-0.39, 0.29) is 11.5 Å². The van der Waals surface area contributed by atoms with Gasteiger partial charge in [0.15, 0.2) is 23.0 Å². The summed E-state index contributed by atoms with van der Waals surface area (Å²) < 4.78 is 26.4. The number of fused-ring (bicyclic) bond motifs is 1. The molecule has 0 radical (unpaired) electrons. The van der Waals surface area contributed by atoms with E-state index >= 15 is 0 Å². The molecule has 1 heterocycles. The van der Waals surface area contributed by atoms with Crippen LogP contribution < -0.4 is 14.2 Å². The molecule has 30 heavy (non-hydrogen) atoms. The Kier molecular flexibility index (Phi) is 6.15. The molecule has 0 fully saturated rings. The zero-order valence-electron chi connectivity index (χ0n) is 17.0. The predicted octanol–water partition coefficient (Wildman–Crippen LogP) is 2.99. The van der Waals surface area contributed by atoms with Gasteiger partial charge in [0.2, 0.25) is 0 Å². The van der Waals surface area contributed by atoms with Crippen LogP contribution in [-0.2, 0) is 19.1 Å². The Bertz CT molecular complexity index is 995. The number of ether oxygens (including phenoxy) is 5. The lowest BCUT2D eigenvalue weighted by molar-refractivity contribution is -0.144. The summed E-state index contributed by atoms with van der Waals surface area (Å²) in [6, 6.07) is 8.14. The summed E-state index contributed by atoms with van der Waals surface area (Å²) in [4.78, 5) is 24.1. The molecular weight excluding hydrogens is 392 g/mol. The molecule has 8 nitrogen and oxygen atoms in total. The van der Waals surface area contributed by atoms with Gasteiger partial charge in [-0.2, -0.15) is 0 Å². The third kappa shape index (κ3) is 3.89. The third-order valence-electron chi connectivity index (χ3n) is 4.81. The van der Waals surface area contributed by atoms with Crippen LogP contribution in [0.5, 0.6) is 23.0 Å². The van der Waals surface area contributed by atoms with Gasteiger partial charge in [-0.25, -0.2) is 4.79 Å². The van der Waals surface area contributed by atoms with E-state index in [0.29, 0.717) is 28.2 Å². The number of aromatic hydroxyl groups is 1. The normalized spacial score (nSPS) is 17.2. The van der Waals surface area contributed by atoms with Gasteiger partial charge in [-0.3, -0.25) is 4.79 Å². The zero-order chi connectivity index (χ0) is 21.8. The second-order valence-corrected chi connectivity index (χ2v) is 6.47. The molecule has 1 aliphatic heterocycles. The van der Waals surface area contributed by atoms with Crippen molar-refractivity contribution in [2.24, 2.45) is 0 Å². The fourth-order valence-corrected chi connectivity index (χ4v) is 3.35. The van der Waals surface area contributed by atoms with E-state index in [0.717, 1.165) is 0 Å². The van der Waals surface area contributed by atoms with Gasteiger partial charge in [0.1, 0.15) is 12.0 Å². The minimum absolute atomic E-state index is 0.0285. The fraction of sp³-hybridized carbons (Fsp3) is 0.273. The molecule has 0 spiro atoms. The van der Waals surface area contributed by atoms with E-state index in [9.17, 15) is 14.7 Å². The van der Waals surface area contributed by atoms with Crippen molar-refractivity contribution in [3.8, 4) is 23.0 Å². The van der Waals surface area contributed by atoms with Gasteiger partial charge < -0.3 is 28.8 Å². The molecule has 3 rings (SSSR count). The van der Waals surface area contributed by atoms with E-state index in [2.05, 4.69) is 4.74 Å². The van der Waals surface area contributed by atoms with Crippen LogP contribution in [0.3, 0.4) is 0 Å². The molecule has 1 aliphatic rings. The molecule has 2 unspecified atom stereocenters. The van der Waals surface area contributed by atoms with E-state index in [1.807, 2.05) is 0 Å². The van der Waals surface area contributed by atoms with E-state index in [1.165, 1.54) is 40.6 Å². The van der Waals surface area contributed by atoms with Gasteiger partial charge >= 0.3 is 11.9 Å². The maximum atomic E-state index is 12.7. The first-order valence-electron chi connectivity index (χ1n) is 9.02. The van der Waals surface area contributed by atoms with Gasteiger partial charge in [0.05, 0.1) is 28.4 Å². The molecule has 2 aromatic carbocycles. The number of carbonyl (C=O) groups is 2. The van der Waals surface area contributed by atoms with E-state index in [4.69, 9.17) is 18.9 Å². The minimum Gasteiger partial charge on any atom is -0.504 e. The van der Waals surface area contributed by atoms with E-state index in [1.54, 1.807) is 30.3 Å². The van der Waals surface area contributed by atoms with Crippen molar-refractivity contribution in [2.45, 2.75) is 12.0 Å². The summed E-state index contributed by atoms with van der Waals surface area (Å²) in [6.45, 7) is 0. The number of phenolic OH excluding ortho intramolecular Hbond substituents is 1. The first-order valence-corrected chi connectivity index (χ1v) is 9.02. The number of benzene rings is 2. The van der Waals surface area contributed by atoms with Crippen LogP contribution in [-0.4, -0.2) is 45.5 Å². The molecular formula is C22H22O8. The number of rotatable bonds is 6. The Morgan fingerprint density at radius 3 is 2.37 bits per heavy atom. The quantitative estimate of drug-likeness (QED) is 0.569. The summed E-state index contributed by atoms with van der Waals surface area (Å²) in [6.07, 6.45) is 2.10. The van der Waals surface area contributed by atoms with Crippen molar-refractivity contribution in [3.63, 3.8) is 0 Å². The maximum Gasteiger partial charge on any atom is 0.330 e. The molecule has 0 aliphatic carbocycles. The molecule has 0 saturated heterocycles. The van der Waals surface area contributed by atoms with Gasteiger partial charge in [0, 0.05) is 11.6 Å². The highest BCUT2D eigenvalue weighted by atomic mass is 16.5. The summed E-state index contributed by atoms with van der Waals surface area (Å²) in [5.74, 6) is -0.770. The molecule has 0 saturated carbocycles. The van der Waals surface area contributed by atoms with Crippen LogP contribution in [0.15, 0.2) is 36.4 Å². The third-order valence-corrected chi connectivity index (χ3v) is 4.81. The maximum absolute atomic E-state index is 12.7. The summed E-state index contributed by atoms with van der Waals surface area (Å²) in [5, 5.41) is 9.89. The highest BCUT2D eigenvalue weighted by Gasteiger charge is 2.43. The number of methoxy groups -OCH3 is 4.